The molecular formula is C17H29NO7Si. The Morgan fingerprint density at radius 1 is 1.15 bits per heavy atom. The van der Waals surface area contributed by atoms with E-state index in [1.807, 2.05) is 0 Å². The van der Waals surface area contributed by atoms with E-state index in [2.05, 4.69) is 46.9 Å². The first-order chi connectivity index (χ1) is 11.9. The highest BCUT2D eigenvalue weighted by Crippen LogP contribution is 2.55. The summed E-state index contributed by atoms with van der Waals surface area (Å²) in [5.74, 6) is -0.487. The molecule has 26 heavy (non-hydrogen) atoms. The summed E-state index contributed by atoms with van der Waals surface area (Å²) in [6, 6.07) is -0.600. The number of carbonyl (C=O) groups excluding carboxylic acids is 2. The lowest BCUT2D eigenvalue weighted by atomic mass is 9.98. The molecule has 1 N–H and O–H groups in total. The van der Waals surface area contributed by atoms with Gasteiger partial charge in [-0.15, -0.1) is 0 Å². The van der Waals surface area contributed by atoms with Gasteiger partial charge in [0.25, 0.3) is 0 Å². The summed E-state index contributed by atoms with van der Waals surface area (Å²) in [4.78, 5) is 23.3. The van der Waals surface area contributed by atoms with Crippen LogP contribution in [0, 0.1) is 0 Å². The minimum absolute atomic E-state index is 0.200. The van der Waals surface area contributed by atoms with E-state index in [-0.39, 0.29) is 10.1 Å². The summed E-state index contributed by atoms with van der Waals surface area (Å²) in [7, 11) is -2.74. The van der Waals surface area contributed by atoms with Gasteiger partial charge < -0.3 is 28.4 Å². The van der Waals surface area contributed by atoms with Gasteiger partial charge in [-0.2, -0.15) is 0 Å². The van der Waals surface area contributed by atoms with Gasteiger partial charge in [-0.1, -0.05) is 41.5 Å². The van der Waals surface area contributed by atoms with Gasteiger partial charge in [-0.05, 0) is 0 Å². The molecule has 0 saturated carbocycles. The van der Waals surface area contributed by atoms with Crippen LogP contribution in [0.1, 0.15) is 48.5 Å². The molecule has 3 aliphatic heterocycles. The molecular weight excluding hydrogens is 358 g/mol. The molecule has 3 aliphatic rings. The van der Waals surface area contributed by atoms with Crippen molar-refractivity contribution in [1.29, 1.82) is 0 Å². The summed E-state index contributed by atoms with van der Waals surface area (Å²) >= 11 is 0. The topological polar surface area (TPSA) is 92.3 Å². The number of hydrogen-bond donors (Lipinski definition) is 1. The first-order valence-electron chi connectivity index (χ1n) is 8.97. The van der Waals surface area contributed by atoms with Crippen molar-refractivity contribution >= 4 is 20.6 Å². The Kier molecular flexibility index (Phi) is 4.66. The van der Waals surface area contributed by atoms with Gasteiger partial charge in [0.05, 0.1) is 6.61 Å². The van der Waals surface area contributed by atoms with E-state index in [0.717, 1.165) is 0 Å². The van der Waals surface area contributed by atoms with Crippen LogP contribution in [-0.2, 0) is 27.9 Å². The maximum atomic E-state index is 11.9. The van der Waals surface area contributed by atoms with Crippen LogP contribution in [-0.4, -0.2) is 57.9 Å². The number of hydrogen-bond acceptors (Lipinski definition) is 7. The lowest BCUT2D eigenvalue weighted by molar-refractivity contribution is -0.262. The predicted molar refractivity (Wildman–Crippen MR) is 93.6 cm³/mol. The van der Waals surface area contributed by atoms with Gasteiger partial charge >= 0.3 is 20.6 Å². The van der Waals surface area contributed by atoms with Gasteiger partial charge in [0, 0.05) is 17.0 Å². The average molecular weight is 388 g/mol. The lowest BCUT2D eigenvalue weighted by Gasteiger charge is -2.56. The Labute approximate surface area is 155 Å². The Balaban J connectivity index is 1.93. The second-order valence-electron chi connectivity index (χ2n) is 9.20. The van der Waals surface area contributed by atoms with Crippen molar-refractivity contribution in [3.8, 4) is 0 Å². The summed E-state index contributed by atoms with van der Waals surface area (Å²) in [6.45, 7) is 14.3. The van der Waals surface area contributed by atoms with Crippen molar-refractivity contribution in [3.05, 3.63) is 0 Å². The van der Waals surface area contributed by atoms with Crippen LogP contribution in [0.5, 0.6) is 0 Å². The van der Waals surface area contributed by atoms with Crippen molar-refractivity contribution in [2.45, 2.75) is 89.2 Å². The standard InChI is InChI=1S/C17H29NO7Si/c1-9(19)22-14-11-13(24-15(20)18-11)12-10(23-14)8-21-26(25-12,16(2,3)4)17(5,6)7/h10-14H,8H2,1-7H3,(H,18,20)/t10-,11+,12-,13-,14-/m1/s1. The minimum Gasteiger partial charge on any atom is -0.441 e. The molecule has 3 rings (SSSR count). The molecule has 0 aromatic rings. The van der Waals surface area contributed by atoms with E-state index >= 15 is 0 Å². The highest BCUT2D eigenvalue weighted by Gasteiger charge is 2.66. The van der Waals surface area contributed by atoms with Gasteiger partial charge in [0.2, 0.25) is 6.29 Å². The Bertz CT molecular complexity index is 583. The second-order valence-corrected chi connectivity index (χ2v) is 14.0. The molecule has 5 atom stereocenters. The quantitative estimate of drug-likeness (QED) is 0.545. The molecule has 1 amide bonds. The molecule has 9 heteroatoms. The largest absolute Gasteiger partial charge is 0.441 e. The molecule has 0 aromatic carbocycles. The Morgan fingerprint density at radius 2 is 1.77 bits per heavy atom. The molecule has 0 aromatic heterocycles. The van der Waals surface area contributed by atoms with Gasteiger partial charge in [-0.25, -0.2) is 4.79 Å². The third-order valence-corrected chi connectivity index (χ3v) is 10.3. The number of fused-ring (bicyclic) bond motifs is 3. The van der Waals surface area contributed by atoms with Gasteiger partial charge in [0.1, 0.15) is 18.2 Å². The fourth-order valence-electron chi connectivity index (χ4n) is 4.37. The van der Waals surface area contributed by atoms with E-state index in [1.54, 1.807) is 0 Å². The van der Waals surface area contributed by atoms with E-state index in [9.17, 15) is 9.59 Å². The number of amides is 1. The maximum Gasteiger partial charge on any atom is 0.408 e. The number of carbonyl (C=O) groups is 2. The smallest absolute Gasteiger partial charge is 0.408 e. The zero-order valence-electron chi connectivity index (χ0n) is 16.5. The predicted octanol–water partition coefficient (Wildman–Crippen LogP) is 2.21. The summed E-state index contributed by atoms with van der Waals surface area (Å²) in [5, 5.41) is 2.28. The van der Waals surface area contributed by atoms with E-state index in [4.69, 9.17) is 23.1 Å². The Hall–Kier alpha value is -1.16. The number of nitrogens with one attached hydrogen (secondary N) is 1. The SMILES string of the molecule is CC(=O)O[C@@H]1O[C@@H]2CO[Si](C(C)(C)C)(C(C)(C)C)O[C@H]2[C@@H]2OC(=O)N[C@H]12. The zero-order valence-corrected chi connectivity index (χ0v) is 17.5. The lowest BCUT2D eigenvalue weighted by Crippen LogP contribution is -2.71. The highest BCUT2D eigenvalue weighted by atomic mass is 28.4. The fraction of sp³-hybridized carbons (Fsp3) is 0.882. The number of esters is 1. The minimum atomic E-state index is -2.74. The van der Waals surface area contributed by atoms with Crippen molar-refractivity contribution in [2.75, 3.05) is 6.61 Å². The number of alkyl carbamates (subject to hydrolysis) is 1. The van der Waals surface area contributed by atoms with Gasteiger partial charge in [-0.3, -0.25) is 4.79 Å². The molecule has 3 saturated heterocycles. The van der Waals surface area contributed by atoms with Crippen LogP contribution >= 0.6 is 0 Å². The van der Waals surface area contributed by atoms with Crippen molar-refractivity contribution in [1.82, 2.24) is 5.32 Å². The van der Waals surface area contributed by atoms with E-state index < -0.39 is 51.3 Å². The maximum absolute atomic E-state index is 11.9. The summed E-state index contributed by atoms with van der Waals surface area (Å²) in [5.41, 5.74) is 0. The van der Waals surface area contributed by atoms with Gasteiger partial charge in [0.15, 0.2) is 6.10 Å². The molecule has 0 bridgehead atoms. The second kappa shape index (κ2) is 6.18. The third kappa shape index (κ3) is 3.04. The monoisotopic (exact) mass is 387 g/mol. The first-order valence-corrected chi connectivity index (χ1v) is 10.8. The molecule has 3 fully saturated rings. The van der Waals surface area contributed by atoms with Crippen LogP contribution in [0.25, 0.3) is 0 Å². The highest BCUT2D eigenvalue weighted by molar-refractivity contribution is 6.73. The third-order valence-electron chi connectivity index (χ3n) is 5.18. The fourth-order valence-corrected chi connectivity index (χ4v) is 9.33. The molecule has 3 heterocycles. The first kappa shape index (κ1) is 19.6. The van der Waals surface area contributed by atoms with Crippen LogP contribution in [0.3, 0.4) is 0 Å². The van der Waals surface area contributed by atoms with Crippen molar-refractivity contribution in [3.63, 3.8) is 0 Å². The van der Waals surface area contributed by atoms with Crippen molar-refractivity contribution < 1.29 is 32.7 Å². The molecule has 0 spiro atoms. The summed E-state index contributed by atoms with van der Waals surface area (Å²) < 4.78 is 29.7. The molecule has 148 valence electrons. The van der Waals surface area contributed by atoms with E-state index in [1.165, 1.54) is 6.92 Å². The van der Waals surface area contributed by atoms with Crippen molar-refractivity contribution in [2.24, 2.45) is 0 Å². The number of ether oxygens (including phenoxy) is 3. The normalized spacial score (nSPS) is 36.4. The molecule has 0 unspecified atom stereocenters. The average Bonchev–Trinajstić information content (AvgIpc) is 2.86. The van der Waals surface area contributed by atoms with Crippen LogP contribution in [0.15, 0.2) is 0 Å². The van der Waals surface area contributed by atoms with Crippen LogP contribution in [0.2, 0.25) is 10.1 Å². The van der Waals surface area contributed by atoms with E-state index in [0.29, 0.717) is 6.61 Å². The number of rotatable bonds is 1. The molecule has 0 radical (unpaired) electrons. The summed E-state index contributed by atoms with van der Waals surface area (Å²) in [6.07, 6.45) is -3.01. The van der Waals surface area contributed by atoms with Crippen LogP contribution in [0.4, 0.5) is 4.79 Å². The van der Waals surface area contributed by atoms with Crippen LogP contribution < -0.4 is 5.32 Å². The molecule has 0 aliphatic carbocycles. The zero-order chi connectivity index (χ0) is 19.5. The Morgan fingerprint density at radius 3 is 2.31 bits per heavy atom. The molecule has 8 nitrogen and oxygen atoms in total.